The summed E-state index contributed by atoms with van der Waals surface area (Å²) in [4.78, 5) is 0. The SMILES string of the molecule is Cc1cc(C(C)(C)C)ccc1CCC1CCNC1. The highest BCUT2D eigenvalue weighted by molar-refractivity contribution is 5.34. The summed E-state index contributed by atoms with van der Waals surface area (Å²) in [5.41, 5.74) is 4.72. The van der Waals surface area contributed by atoms with Gasteiger partial charge >= 0.3 is 0 Å². The minimum Gasteiger partial charge on any atom is -0.316 e. The maximum atomic E-state index is 3.45. The van der Waals surface area contributed by atoms with Crippen LogP contribution >= 0.6 is 0 Å². The molecule has 1 aromatic carbocycles. The van der Waals surface area contributed by atoms with Gasteiger partial charge in [0.25, 0.3) is 0 Å². The number of aryl methyl sites for hydroxylation is 2. The van der Waals surface area contributed by atoms with Gasteiger partial charge in [-0.15, -0.1) is 0 Å². The molecule has 18 heavy (non-hydrogen) atoms. The fourth-order valence-electron chi connectivity index (χ4n) is 2.76. The minimum absolute atomic E-state index is 0.263. The van der Waals surface area contributed by atoms with Crippen molar-refractivity contribution in [2.24, 2.45) is 5.92 Å². The van der Waals surface area contributed by atoms with Crippen molar-refractivity contribution in [3.63, 3.8) is 0 Å². The van der Waals surface area contributed by atoms with Gasteiger partial charge in [-0.05, 0) is 67.3 Å². The predicted molar refractivity (Wildman–Crippen MR) is 79.2 cm³/mol. The van der Waals surface area contributed by atoms with Gasteiger partial charge in [0.1, 0.15) is 0 Å². The molecular formula is C17H27N. The molecule has 1 aliphatic rings. The summed E-state index contributed by atoms with van der Waals surface area (Å²) in [7, 11) is 0. The van der Waals surface area contributed by atoms with Gasteiger partial charge in [0.15, 0.2) is 0 Å². The van der Waals surface area contributed by atoms with Crippen LogP contribution in [0.2, 0.25) is 0 Å². The Morgan fingerprint density at radius 2 is 2.06 bits per heavy atom. The maximum absolute atomic E-state index is 3.45. The molecule has 0 amide bonds. The zero-order valence-electron chi connectivity index (χ0n) is 12.3. The summed E-state index contributed by atoms with van der Waals surface area (Å²) in [6.45, 7) is 11.5. The standard InChI is InChI=1S/C17H27N/c1-13-11-16(17(2,3)4)8-7-15(13)6-5-14-9-10-18-12-14/h7-8,11,14,18H,5-6,9-10,12H2,1-4H3. The van der Waals surface area contributed by atoms with Crippen LogP contribution in [0.15, 0.2) is 18.2 Å². The molecule has 1 saturated heterocycles. The second-order valence-electron chi connectivity index (χ2n) is 6.79. The Bertz CT molecular complexity index is 395. The van der Waals surface area contributed by atoms with E-state index in [-0.39, 0.29) is 5.41 Å². The van der Waals surface area contributed by atoms with Crippen molar-refractivity contribution in [3.05, 3.63) is 34.9 Å². The molecule has 0 saturated carbocycles. The molecule has 0 aromatic heterocycles. The first-order valence-corrected chi connectivity index (χ1v) is 7.27. The van der Waals surface area contributed by atoms with E-state index in [0.29, 0.717) is 0 Å². The van der Waals surface area contributed by atoms with Crippen LogP contribution in [0.25, 0.3) is 0 Å². The molecule has 1 aromatic rings. The van der Waals surface area contributed by atoms with Gasteiger partial charge in [0.05, 0.1) is 0 Å². The quantitative estimate of drug-likeness (QED) is 0.853. The zero-order valence-corrected chi connectivity index (χ0v) is 12.3. The van der Waals surface area contributed by atoms with Gasteiger partial charge in [-0.3, -0.25) is 0 Å². The fraction of sp³-hybridized carbons (Fsp3) is 0.647. The van der Waals surface area contributed by atoms with Gasteiger partial charge < -0.3 is 5.32 Å². The summed E-state index contributed by atoms with van der Waals surface area (Å²) in [5, 5.41) is 3.45. The monoisotopic (exact) mass is 245 g/mol. The second kappa shape index (κ2) is 5.44. The van der Waals surface area contributed by atoms with Crippen molar-refractivity contribution in [1.82, 2.24) is 5.32 Å². The van der Waals surface area contributed by atoms with E-state index in [1.54, 1.807) is 0 Å². The molecule has 1 aliphatic heterocycles. The molecule has 0 radical (unpaired) electrons. The van der Waals surface area contributed by atoms with Crippen LogP contribution in [0.1, 0.15) is 50.3 Å². The van der Waals surface area contributed by atoms with Gasteiger partial charge in [-0.25, -0.2) is 0 Å². The van der Waals surface area contributed by atoms with E-state index >= 15 is 0 Å². The molecule has 1 fully saturated rings. The number of hydrogen-bond acceptors (Lipinski definition) is 1. The zero-order chi connectivity index (χ0) is 13.2. The molecule has 2 rings (SSSR count). The summed E-state index contributed by atoms with van der Waals surface area (Å²) in [5.74, 6) is 0.895. The lowest BCUT2D eigenvalue weighted by Crippen LogP contribution is -2.12. The summed E-state index contributed by atoms with van der Waals surface area (Å²) >= 11 is 0. The smallest absolute Gasteiger partial charge is 0.00199 e. The van der Waals surface area contributed by atoms with Crippen molar-refractivity contribution in [2.45, 2.75) is 52.4 Å². The third kappa shape index (κ3) is 3.35. The minimum atomic E-state index is 0.263. The third-order valence-electron chi connectivity index (χ3n) is 4.19. The highest BCUT2D eigenvalue weighted by atomic mass is 14.9. The van der Waals surface area contributed by atoms with Crippen molar-refractivity contribution < 1.29 is 0 Å². The maximum Gasteiger partial charge on any atom is -0.00199 e. The van der Waals surface area contributed by atoms with Gasteiger partial charge in [0.2, 0.25) is 0 Å². The number of hydrogen-bond donors (Lipinski definition) is 1. The number of benzene rings is 1. The summed E-state index contributed by atoms with van der Waals surface area (Å²) in [6.07, 6.45) is 3.93. The first-order chi connectivity index (χ1) is 8.47. The van der Waals surface area contributed by atoms with Crippen LogP contribution in [0.5, 0.6) is 0 Å². The van der Waals surface area contributed by atoms with Crippen molar-refractivity contribution in [1.29, 1.82) is 0 Å². The van der Waals surface area contributed by atoms with Gasteiger partial charge in [-0.1, -0.05) is 39.0 Å². The molecule has 0 aliphatic carbocycles. The Hall–Kier alpha value is -0.820. The van der Waals surface area contributed by atoms with E-state index in [1.807, 2.05) is 0 Å². The van der Waals surface area contributed by atoms with Crippen LogP contribution in [-0.2, 0) is 11.8 Å². The van der Waals surface area contributed by atoms with E-state index in [0.717, 1.165) is 5.92 Å². The van der Waals surface area contributed by atoms with Crippen LogP contribution in [0.4, 0.5) is 0 Å². The molecular weight excluding hydrogens is 218 g/mol. The Labute approximate surface area is 112 Å². The lowest BCUT2D eigenvalue weighted by Gasteiger charge is -2.21. The fourth-order valence-corrected chi connectivity index (χ4v) is 2.76. The molecule has 1 nitrogen and oxygen atoms in total. The van der Waals surface area contributed by atoms with Crippen LogP contribution in [0.3, 0.4) is 0 Å². The molecule has 0 spiro atoms. The van der Waals surface area contributed by atoms with E-state index in [4.69, 9.17) is 0 Å². The van der Waals surface area contributed by atoms with Crippen LogP contribution < -0.4 is 5.32 Å². The highest BCUT2D eigenvalue weighted by Crippen LogP contribution is 2.25. The largest absolute Gasteiger partial charge is 0.316 e. The first-order valence-electron chi connectivity index (χ1n) is 7.27. The molecule has 1 heterocycles. The molecule has 1 atom stereocenters. The Morgan fingerprint density at radius 3 is 2.61 bits per heavy atom. The Kier molecular flexibility index (Phi) is 4.11. The molecule has 1 heteroatoms. The summed E-state index contributed by atoms with van der Waals surface area (Å²) < 4.78 is 0. The van der Waals surface area contributed by atoms with Crippen LogP contribution in [0, 0.1) is 12.8 Å². The second-order valence-corrected chi connectivity index (χ2v) is 6.79. The van der Waals surface area contributed by atoms with E-state index < -0.39 is 0 Å². The molecule has 100 valence electrons. The third-order valence-corrected chi connectivity index (χ3v) is 4.19. The van der Waals surface area contributed by atoms with Crippen LogP contribution in [-0.4, -0.2) is 13.1 Å². The van der Waals surface area contributed by atoms with Crippen molar-refractivity contribution >= 4 is 0 Å². The normalized spacial score (nSPS) is 20.3. The predicted octanol–water partition coefficient (Wildman–Crippen LogP) is 3.83. The number of rotatable bonds is 3. The number of nitrogens with one attached hydrogen (secondary N) is 1. The lowest BCUT2D eigenvalue weighted by molar-refractivity contribution is 0.531. The summed E-state index contributed by atoms with van der Waals surface area (Å²) in [6, 6.07) is 7.04. The van der Waals surface area contributed by atoms with Crippen molar-refractivity contribution in [3.8, 4) is 0 Å². The van der Waals surface area contributed by atoms with E-state index in [9.17, 15) is 0 Å². The van der Waals surface area contributed by atoms with Gasteiger partial charge in [-0.2, -0.15) is 0 Å². The average molecular weight is 245 g/mol. The molecule has 1 N–H and O–H groups in total. The topological polar surface area (TPSA) is 12.0 Å². The Morgan fingerprint density at radius 1 is 1.28 bits per heavy atom. The molecule has 0 bridgehead atoms. The average Bonchev–Trinajstić information content (AvgIpc) is 2.79. The lowest BCUT2D eigenvalue weighted by atomic mass is 9.84. The Balaban J connectivity index is 2.01. The highest BCUT2D eigenvalue weighted by Gasteiger charge is 2.16. The van der Waals surface area contributed by atoms with E-state index in [1.165, 1.54) is 49.0 Å². The van der Waals surface area contributed by atoms with E-state index in [2.05, 4.69) is 51.2 Å². The van der Waals surface area contributed by atoms with Crippen molar-refractivity contribution in [2.75, 3.05) is 13.1 Å². The molecule has 1 unspecified atom stereocenters. The first kappa shape index (κ1) is 13.6. The van der Waals surface area contributed by atoms with Gasteiger partial charge in [0, 0.05) is 0 Å².